The van der Waals surface area contributed by atoms with Gasteiger partial charge in [-0.3, -0.25) is 0 Å². The van der Waals surface area contributed by atoms with E-state index in [2.05, 4.69) is 44.3 Å². The standard InChI is InChI=1S/C18H29NO/c1-14(2)19-13-16-10-8-9-15(3)18(16)20-17-11-6-4-5-7-12-17/h8-10,14,17,19H,4-7,11-13H2,1-3H3. The van der Waals surface area contributed by atoms with E-state index in [9.17, 15) is 0 Å². The Balaban J connectivity index is 2.07. The van der Waals surface area contributed by atoms with Crippen molar-refractivity contribution in [1.29, 1.82) is 0 Å². The zero-order chi connectivity index (χ0) is 14.4. The van der Waals surface area contributed by atoms with Crippen molar-refractivity contribution in [3.05, 3.63) is 29.3 Å². The second kappa shape index (κ2) is 7.68. The minimum absolute atomic E-state index is 0.413. The number of rotatable bonds is 5. The van der Waals surface area contributed by atoms with Crippen LogP contribution in [0.5, 0.6) is 5.75 Å². The maximum Gasteiger partial charge on any atom is 0.127 e. The lowest BCUT2D eigenvalue weighted by Crippen LogP contribution is -2.23. The van der Waals surface area contributed by atoms with Crippen molar-refractivity contribution in [3.8, 4) is 5.75 Å². The average Bonchev–Trinajstić information content (AvgIpc) is 2.68. The second-order valence-corrected chi connectivity index (χ2v) is 6.33. The Kier molecular flexibility index (Phi) is 5.90. The van der Waals surface area contributed by atoms with Gasteiger partial charge in [0.1, 0.15) is 5.75 Å². The molecule has 0 bridgehead atoms. The third-order valence-electron chi connectivity index (χ3n) is 4.08. The number of hydrogen-bond donors (Lipinski definition) is 1. The van der Waals surface area contributed by atoms with Crippen LogP contribution >= 0.6 is 0 Å². The molecule has 1 aromatic rings. The van der Waals surface area contributed by atoms with Crippen molar-refractivity contribution in [1.82, 2.24) is 5.32 Å². The molecule has 0 atom stereocenters. The molecule has 1 aliphatic rings. The minimum atomic E-state index is 0.413. The molecular formula is C18H29NO. The van der Waals surface area contributed by atoms with Gasteiger partial charge in [0.25, 0.3) is 0 Å². The van der Waals surface area contributed by atoms with E-state index < -0.39 is 0 Å². The van der Waals surface area contributed by atoms with Gasteiger partial charge in [-0.1, -0.05) is 44.9 Å². The largest absolute Gasteiger partial charge is 0.490 e. The van der Waals surface area contributed by atoms with Crippen molar-refractivity contribution >= 4 is 0 Å². The van der Waals surface area contributed by atoms with Gasteiger partial charge in [0, 0.05) is 18.2 Å². The van der Waals surface area contributed by atoms with Gasteiger partial charge in [-0.05, 0) is 38.2 Å². The topological polar surface area (TPSA) is 21.3 Å². The van der Waals surface area contributed by atoms with Gasteiger partial charge in [0.05, 0.1) is 6.10 Å². The van der Waals surface area contributed by atoms with Crippen LogP contribution < -0.4 is 10.1 Å². The average molecular weight is 275 g/mol. The van der Waals surface area contributed by atoms with Crippen LogP contribution in [0.25, 0.3) is 0 Å². The highest BCUT2D eigenvalue weighted by Gasteiger charge is 2.16. The SMILES string of the molecule is Cc1cccc(CNC(C)C)c1OC1CCCCCC1. The predicted octanol–water partition coefficient (Wildman–Crippen LogP) is 4.59. The van der Waals surface area contributed by atoms with Gasteiger partial charge < -0.3 is 10.1 Å². The number of aryl methyl sites for hydroxylation is 1. The third-order valence-corrected chi connectivity index (χ3v) is 4.08. The van der Waals surface area contributed by atoms with Crippen LogP contribution in [0.3, 0.4) is 0 Å². The molecule has 1 fully saturated rings. The number of benzene rings is 1. The Labute approximate surface area is 123 Å². The molecule has 0 aliphatic heterocycles. The molecule has 0 unspecified atom stereocenters. The highest BCUT2D eigenvalue weighted by molar-refractivity contribution is 5.41. The van der Waals surface area contributed by atoms with Gasteiger partial charge in [0.15, 0.2) is 0 Å². The summed E-state index contributed by atoms with van der Waals surface area (Å²) in [7, 11) is 0. The van der Waals surface area contributed by atoms with Crippen molar-refractivity contribution in [2.24, 2.45) is 0 Å². The molecule has 0 spiro atoms. The number of para-hydroxylation sites is 1. The van der Waals surface area contributed by atoms with Gasteiger partial charge >= 0.3 is 0 Å². The Morgan fingerprint density at radius 3 is 2.50 bits per heavy atom. The lowest BCUT2D eigenvalue weighted by molar-refractivity contribution is 0.180. The normalized spacial score (nSPS) is 17.2. The van der Waals surface area contributed by atoms with Crippen LogP contribution in [-0.2, 0) is 6.54 Å². The molecule has 2 rings (SSSR count). The Bertz CT molecular complexity index is 406. The molecular weight excluding hydrogens is 246 g/mol. The maximum atomic E-state index is 6.39. The highest BCUT2D eigenvalue weighted by atomic mass is 16.5. The molecule has 2 heteroatoms. The van der Waals surface area contributed by atoms with Gasteiger partial charge in [-0.2, -0.15) is 0 Å². The molecule has 2 nitrogen and oxygen atoms in total. The zero-order valence-electron chi connectivity index (χ0n) is 13.2. The van der Waals surface area contributed by atoms with Crippen molar-refractivity contribution in [2.45, 2.75) is 78.0 Å². The molecule has 1 saturated carbocycles. The van der Waals surface area contributed by atoms with Crippen LogP contribution in [-0.4, -0.2) is 12.1 Å². The summed E-state index contributed by atoms with van der Waals surface area (Å²) in [5, 5.41) is 3.50. The summed E-state index contributed by atoms with van der Waals surface area (Å²) in [5.74, 6) is 1.12. The fourth-order valence-electron chi connectivity index (χ4n) is 2.86. The molecule has 0 saturated heterocycles. The van der Waals surface area contributed by atoms with E-state index >= 15 is 0 Å². The van der Waals surface area contributed by atoms with E-state index in [1.54, 1.807) is 0 Å². The first-order valence-electron chi connectivity index (χ1n) is 8.15. The minimum Gasteiger partial charge on any atom is -0.490 e. The first-order chi connectivity index (χ1) is 9.66. The van der Waals surface area contributed by atoms with Crippen molar-refractivity contribution < 1.29 is 4.74 Å². The van der Waals surface area contributed by atoms with Crippen LogP contribution in [0, 0.1) is 6.92 Å². The number of ether oxygens (including phenoxy) is 1. The second-order valence-electron chi connectivity index (χ2n) is 6.33. The molecule has 1 aliphatic carbocycles. The summed E-state index contributed by atoms with van der Waals surface area (Å²) in [6.07, 6.45) is 8.21. The summed E-state index contributed by atoms with van der Waals surface area (Å²) in [6, 6.07) is 6.98. The number of nitrogens with one attached hydrogen (secondary N) is 1. The predicted molar refractivity (Wildman–Crippen MR) is 85.3 cm³/mol. The number of hydrogen-bond acceptors (Lipinski definition) is 2. The maximum absolute atomic E-state index is 6.39. The van der Waals surface area contributed by atoms with Crippen LogP contribution in [0.2, 0.25) is 0 Å². The van der Waals surface area contributed by atoms with E-state index in [1.807, 2.05) is 0 Å². The van der Waals surface area contributed by atoms with Gasteiger partial charge in [0.2, 0.25) is 0 Å². The lowest BCUT2D eigenvalue weighted by Gasteiger charge is -2.22. The highest BCUT2D eigenvalue weighted by Crippen LogP contribution is 2.28. The summed E-state index contributed by atoms with van der Waals surface area (Å²) < 4.78 is 6.39. The Hall–Kier alpha value is -1.02. The monoisotopic (exact) mass is 275 g/mol. The van der Waals surface area contributed by atoms with Crippen LogP contribution in [0.15, 0.2) is 18.2 Å². The fraction of sp³-hybridized carbons (Fsp3) is 0.667. The lowest BCUT2D eigenvalue weighted by atomic mass is 10.1. The molecule has 0 radical (unpaired) electrons. The van der Waals surface area contributed by atoms with E-state index in [0.29, 0.717) is 12.1 Å². The summed E-state index contributed by atoms with van der Waals surface area (Å²) in [5.41, 5.74) is 2.56. The van der Waals surface area contributed by atoms with E-state index in [-0.39, 0.29) is 0 Å². The van der Waals surface area contributed by atoms with Gasteiger partial charge in [-0.25, -0.2) is 0 Å². The zero-order valence-corrected chi connectivity index (χ0v) is 13.2. The summed E-state index contributed by atoms with van der Waals surface area (Å²) in [6.45, 7) is 7.41. The molecule has 112 valence electrons. The first kappa shape index (κ1) is 15.4. The smallest absolute Gasteiger partial charge is 0.127 e. The quantitative estimate of drug-likeness (QED) is 0.793. The van der Waals surface area contributed by atoms with E-state index in [0.717, 1.165) is 12.3 Å². The Morgan fingerprint density at radius 1 is 1.15 bits per heavy atom. The van der Waals surface area contributed by atoms with Gasteiger partial charge in [-0.15, -0.1) is 0 Å². The summed E-state index contributed by atoms with van der Waals surface area (Å²) in [4.78, 5) is 0. The first-order valence-corrected chi connectivity index (χ1v) is 8.15. The summed E-state index contributed by atoms with van der Waals surface area (Å²) >= 11 is 0. The molecule has 0 heterocycles. The molecule has 1 N–H and O–H groups in total. The molecule has 1 aromatic carbocycles. The fourth-order valence-corrected chi connectivity index (χ4v) is 2.86. The van der Waals surface area contributed by atoms with Crippen LogP contribution in [0.1, 0.15) is 63.5 Å². The molecule has 20 heavy (non-hydrogen) atoms. The van der Waals surface area contributed by atoms with Crippen molar-refractivity contribution in [3.63, 3.8) is 0 Å². The Morgan fingerprint density at radius 2 is 1.85 bits per heavy atom. The molecule has 0 amide bonds. The third kappa shape index (κ3) is 4.52. The van der Waals surface area contributed by atoms with E-state index in [4.69, 9.17) is 4.74 Å². The van der Waals surface area contributed by atoms with E-state index in [1.165, 1.54) is 49.7 Å². The molecule has 0 aromatic heterocycles. The van der Waals surface area contributed by atoms with Crippen LogP contribution in [0.4, 0.5) is 0 Å². The van der Waals surface area contributed by atoms with Crippen molar-refractivity contribution in [2.75, 3.05) is 0 Å².